The van der Waals surface area contributed by atoms with Gasteiger partial charge in [-0.3, -0.25) is 4.79 Å². The highest BCUT2D eigenvalue weighted by atomic mass is 35.5. The van der Waals surface area contributed by atoms with E-state index in [2.05, 4.69) is 28.1 Å². The molecule has 1 aliphatic heterocycles. The summed E-state index contributed by atoms with van der Waals surface area (Å²) in [6.45, 7) is 9.89. The molecule has 0 aromatic heterocycles. The molecule has 1 aromatic carbocycles. The van der Waals surface area contributed by atoms with Crippen molar-refractivity contribution in [1.82, 2.24) is 15.1 Å². The molecule has 3 rings (SSSR count). The Morgan fingerprint density at radius 1 is 1.25 bits per heavy atom. The predicted octanol–water partition coefficient (Wildman–Crippen LogP) is 2.59. The van der Waals surface area contributed by atoms with E-state index < -0.39 is 0 Å². The minimum Gasteiger partial charge on any atom is -0.356 e. The van der Waals surface area contributed by atoms with E-state index in [-0.39, 0.29) is 11.8 Å². The lowest BCUT2D eigenvalue weighted by atomic mass is 10.1. The summed E-state index contributed by atoms with van der Waals surface area (Å²) in [5.41, 5.74) is 1.19. The number of nitrogens with one attached hydrogen (secondary N) is 1. The zero-order valence-corrected chi connectivity index (χ0v) is 15.3. The van der Waals surface area contributed by atoms with Gasteiger partial charge in [-0.05, 0) is 49.5 Å². The fraction of sp³-hybridized carbons (Fsp3) is 0.632. The number of halogens is 1. The molecule has 1 saturated carbocycles. The van der Waals surface area contributed by atoms with Crippen LogP contribution in [0.15, 0.2) is 24.3 Å². The lowest BCUT2D eigenvalue weighted by Crippen LogP contribution is -2.46. The summed E-state index contributed by atoms with van der Waals surface area (Å²) in [5.74, 6) is 0.693. The van der Waals surface area contributed by atoms with Gasteiger partial charge < -0.3 is 15.1 Å². The molecule has 0 bridgehead atoms. The molecule has 1 amide bonds. The first-order valence-corrected chi connectivity index (χ1v) is 9.53. The number of likely N-dealkylation sites (N-methyl/N-ethyl adjacent to an activating group) is 1. The quantitative estimate of drug-likeness (QED) is 0.768. The highest BCUT2D eigenvalue weighted by Crippen LogP contribution is 2.47. The maximum atomic E-state index is 12.2. The van der Waals surface area contributed by atoms with Crippen LogP contribution in [-0.2, 0) is 4.79 Å². The number of nitrogens with zero attached hydrogens (tertiary/aromatic N) is 2. The van der Waals surface area contributed by atoms with Gasteiger partial charge in [0.05, 0.1) is 0 Å². The van der Waals surface area contributed by atoms with Gasteiger partial charge in [0.2, 0.25) is 5.91 Å². The third-order valence-electron chi connectivity index (χ3n) is 5.27. The average molecular weight is 350 g/mol. The largest absolute Gasteiger partial charge is 0.356 e. The number of piperazine rings is 1. The zero-order chi connectivity index (χ0) is 16.9. The third-order valence-corrected chi connectivity index (χ3v) is 5.50. The first kappa shape index (κ1) is 17.7. The van der Waals surface area contributed by atoms with Gasteiger partial charge in [-0.1, -0.05) is 30.7 Å². The molecule has 1 saturated heterocycles. The van der Waals surface area contributed by atoms with E-state index >= 15 is 0 Å². The van der Waals surface area contributed by atoms with Crippen LogP contribution in [0.25, 0.3) is 0 Å². The van der Waals surface area contributed by atoms with Gasteiger partial charge in [0.25, 0.3) is 0 Å². The van der Waals surface area contributed by atoms with Crippen LogP contribution in [0.2, 0.25) is 5.02 Å². The van der Waals surface area contributed by atoms with Crippen molar-refractivity contribution in [1.29, 1.82) is 0 Å². The van der Waals surface area contributed by atoms with Crippen molar-refractivity contribution in [3.05, 3.63) is 34.9 Å². The average Bonchev–Trinajstić information content (AvgIpc) is 3.40. The molecule has 2 aliphatic rings. The summed E-state index contributed by atoms with van der Waals surface area (Å²) in [4.78, 5) is 17.2. The Morgan fingerprint density at radius 3 is 2.71 bits per heavy atom. The minimum absolute atomic E-state index is 0.136. The molecule has 1 heterocycles. The van der Waals surface area contributed by atoms with Crippen molar-refractivity contribution < 1.29 is 4.79 Å². The second-order valence-corrected chi connectivity index (χ2v) is 7.36. The topological polar surface area (TPSA) is 35.6 Å². The van der Waals surface area contributed by atoms with Crippen molar-refractivity contribution in [2.45, 2.75) is 25.7 Å². The normalized spacial score (nSPS) is 24.8. The van der Waals surface area contributed by atoms with Crippen LogP contribution in [0.3, 0.4) is 0 Å². The van der Waals surface area contributed by atoms with Crippen molar-refractivity contribution in [3.8, 4) is 0 Å². The van der Waals surface area contributed by atoms with Crippen LogP contribution in [0.4, 0.5) is 0 Å². The molecule has 2 fully saturated rings. The van der Waals surface area contributed by atoms with Gasteiger partial charge in [-0.2, -0.15) is 0 Å². The summed E-state index contributed by atoms with van der Waals surface area (Å²) in [7, 11) is 0. The maximum Gasteiger partial charge on any atom is 0.223 e. The number of carbonyl (C=O) groups is 1. The molecule has 1 N–H and O–H groups in total. The van der Waals surface area contributed by atoms with Gasteiger partial charge in [0, 0.05) is 43.7 Å². The molecule has 0 spiro atoms. The molecular formula is C19H28ClN3O. The molecule has 0 unspecified atom stereocenters. The zero-order valence-electron chi connectivity index (χ0n) is 14.5. The maximum absolute atomic E-state index is 12.2. The monoisotopic (exact) mass is 349 g/mol. The number of carbonyl (C=O) groups excluding carboxylic acids is 1. The second-order valence-electron chi connectivity index (χ2n) is 6.92. The van der Waals surface area contributed by atoms with E-state index in [9.17, 15) is 4.79 Å². The van der Waals surface area contributed by atoms with Crippen molar-refractivity contribution in [2.24, 2.45) is 5.92 Å². The molecule has 4 nitrogen and oxygen atoms in total. The fourth-order valence-corrected chi connectivity index (χ4v) is 3.76. The Balaban J connectivity index is 1.31. The van der Waals surface area contributed by atoms with E-state index in [1.165, 1.54) is 18.7 Å². The first-order valence-electron chi connectivity index (χ1n) is 9.15. The second kappa shape index (κ2) is 8.32. The summed E-state index contributed by atoms with van der Waals surface area (Å²) < 4.78 is 0. The van der Waals surface area contributed by atoms with Gasteiger partial charge in [-0.25, -0.2) is 0 Å². The van der Waals surface area contributed by atoms with Gasteiger partial charge >= 0.3 is 0 Å². The number of hydrogen-bond donors (Lipinski definition) is 1. The molecule has 1 aliphatic carbocycles. The van der Waals surface area contributed by atoms with Gasteiger partial charge in [-0.15, -0.1) is 0 Å². The number of rotatable bonds is 7. The van der Waals surface area contributed by atoms with Crippen LogP contribution < -0.4 is 5.32 Å². The minimum atomic E-state index is 0.136. The molecule has 132 valence electrons. The first-order chi connectivity index (χ1) is 11.7. The van der Waals surface area contributed by atoms with Crippen molar-refractivity contribution in [2.75, 3.05) is 45.8 Å². The van der Waals surface area contributed by atoms with Gasteiger partial charge in [0.1, 0.15) is 0 Å². The van der Waals surface area contributed by atoms with Crippen LogP contribution in [0.1, 0.15) is 31.2 Å². The summed E-state index contributed by atoms with van der Waals surface area (Å²) >= 11 is 6.03. The number of hydrogen-bond acceptors (Lipinski definition) is 3. The Kier molecular flexibility index (Phi) is 6.14. The summed E-state index contributed by atoms with van der Waals surface area (Å²) in [5, 5.41) is 3.86. The molecule has 2 atom stereocenters. The molecule has 1 aromatic rings. The lowest BCUT2D eigenvalue weighted by Gasteiger charge is -2.33. The highest BCUT2D eigenvalue weighted by Gasteiger charge is 2.43. The smallest absolute Gasteiger partial charge is 0.223 e. The fourth-order valence-electron chi connectivity index (χ4n) is 3.56. The predicted molar refractivity (Wildman–Crippen MR) is 98.5 cm³/mol. The Morgan fingerprint density at radius 2 is 2.00 bits per heavy atom. The van der Waals surface area contributed by atoms with Crippen LogP contribution in [0, 0.1) is 5.92 Å². The summed E-state index contributed by atoms with van der Waals surface area (Å²) in [6, 6.07) is 7.89. The Hall–Kier alpha value is -1.10. The standard InChI is InChI=1S/C19H28ClN3O/c1-2-22-9-11-23(12-10-22)8-4-7-21-19(24)18-14-17(18)15-5-3-6-16(20)13-15/h3,5-6,13,17-18H,2,4,7-12,14H2,1H3,(H,21,24)/t17-,18-/m1/s1. The van der Waals surface area contributed by atoms with Gasteiger partial charge in [0.15, 0.2) is 0 Å². The van der Waals surface area contributed by atoms with Crippen LogP contribution >= 0.6 is 11.6 Å². The Labute approximate surface area is 150 Å². The molecule has 24 heavy (non-hydrogen) atoms. The van der Waals surface area contributed by atoms with Crippen molar-refractivity contribution in [3.63, 3.8) is 0 Å². The molecule has 5 heteroatoms. The SMILES string of the molecule is CCN1CCN(CCCNC(=O)[C@@H]2C[C@@H]2c2cccc(Cl)c2)CC1. The number of benzene rings is 1. The summed E-state index contributed by atoms with van der Waals surface area (Å²) in [6.07, 6.45) is 1.98. The molecular weight excluding hydrogens is 322 g/mol. The number of amides is 1. The van der Waals surface area contributed by atoms with E-state index in [0.717, 1.165) is 50.6 Å². The van der Waals surface area contributed by atoms with E-state index in [1.807, 2.05) is 18.2 Å². The molecule has 0 radical (unpaired) electrons. The van der Waals surface area contributed by atoms with E-state index in [1.54, 1.807) is 0 Å². The van der Waals surface area contributed by atoms with E-state index in [4.69, 9.17) is 11.6 Å². The van der Waals surface area contributed by atoms with Crippen LogP contribution in [-0.4, -0.2) is 61.5 Å². The van der Waals surface area contributed by atoms with Crippen LogP contribution in [0.5, 0.6) is 0 Å². The van der Waals surface area contributed by atoms with Crippen molar-refractivity contribution >= 4 is 17.5 Å². The lowest BCUT2D eigenvalue weighted by molar-refractivity contribution is -0.122. The highest BCUT2D eigenvalue weighted by molar-refractivity contribution is 6.30. The van der Waals surface area contributed by atoms with E-state index in [0.29, 0.717) is 5.92 Å². The Bertz CT molecular complexity index is 557. The third kappa shape index (κ3) is 4.71.